The number of aliphatic imine (C=N–C) groups is 2. The fourth-order valence-electron chi connectivity index (χ4n) is 2.43. The molecule has 1 aromatic rings. The fourth-order valence-corrected chi connectivity index (χ4v) is 2.43. The molecule has 2 heterocycles. The summed E-state index contributed by atoms with van der Waals surface area (Å²) < 4.78 is 1.89. The van der Waals surface area contributed by atoms with Crippen molar-refractivity contribution in [1.29, 1.82) is 5.26 Å². The number of aromatic nitrogens is 1. The first-order chi connectivity index (χ1) is 10.5. The molecule has 0 spiro atoms. The van der Waals surface area contributed by atoms with Gasteiger partial charge in [-0.25, -0.2) is 4.99 Å². The molecule has 0 radical (unpaired) electrons. The van der Waals surface area contributed by atoms with Crippen LogP contribution in [0.5, 0.6) is 0 Å². The highest BCUT2D eigenvalue weighted by atomic mass is 16.1. The van der Waals surface area contributed by atoms with Gasteiger partial charge in [-0.1, -0.05) is 0 Å². The third-order valence-electron chi connectivity index (χ3n) is 3.28. The van der Waals surface area contributed by atoms with E-state index >= 15 is 0 Å². The van der Waals surface area contributed by atoms with Gasteiger partial charge in [-0.05, 0) is 12.8 Å². The van der Waals surface area contributed by atoms with Gasteiger partial charge in [-0.2, -0.15) is 10.3 Å². The molecular formula is C15H20N6O. The lowest BCUT2D eigenvalue weighted by molar-refractivity contribution is 0.100. The van der Waals surface area contributed by atoms with Gasteiger partial charge in [-0.15, -0.1) is 0 Å². The highest BCUT2D eigenvalue weighted by Crippen LogP contribution is 2.35. The van der Waals surface area contributed by atoms with Crippen LogP contribution in [-0.4, -0.2) is 61.1 Å². The molecule has 0 aromatic carbocycles. The van der Waals surface area contributed by atoms with Gasteiger partial charge in [0, 0.05) is 40.4 Å². The van der Waals surface area contributed by atoms with E-state index in [1.807, 2.05) is 18.7 Å². The quantitative estimate of drug-likeness (QED) is 0.619. The first kappa shape index (κ1) is 15.8. The Morgan fingerprint density at radius 3 is 2.55 bits per heavy atom. The number of nitrogens with zero attached hydrogens (tertiary/aromatic N) is 6. The van der Waals surface area contributed by atoms with Crippen molar-refractivity contribution in [3.63, 3.8) is 0 Å². The maximum atomic E-state index is 12.5. The van der Waals surface area contributed by atoms with Crippen LogP contribution in [-0.2, 0) is 13.0 Å². The van der Waals surface area contributed by atoms with Gasteiger partial charge in [0.1, 0.15) is 17.5 Å². The Morgan fingerprint density at radius 1 is 1.27 bits per heavy atom. The lowest BCUT2D eigenvalue weighted by atomic mass is 10.1. The zero-order valence-electron chi connectivity index (χ0n) is 13.4. The zero-order valence-corrected chi connectivity index (χ0v) is 13.4. The Bertz CT molecular complexity index is 675. The Labute approximate surface area is 130 Å². The number of carbonyl (C=O) groups is 1. The summed E-state index contributed by atoms with van der Waals surface area (Å²) in [4.78, 5) is 24.2. The van der Waals surface area contributed by atoms with E-state index in [-0.39, 0.29) is 5.91 Å². The Hall–Kier alpha value is -2.62. The van der Waals surface area contributed by atoms with Crippen molar-refractivity contribution in [2.45, 2.75) is 19.4 Å². The molecule has 7 nitrogen and oxygen atoms in total. The molecule has 22 heavy (non-hydrogen) atoms. The minimum atomic E-state index is -0.355. The lowest BCUT2D eigenvalue weighted by Crippen LogP contribution is -2.10. The molecule has 0 fully saturated rings. The monoisotopic (exact) mass is 300 g/mol. The van der Waals surface area contributed by atoms with Gasteiger partial charge in [0.2, 0.25) is 0 Å². The molecule has 1 aliphatic rings. The number of amides is 1. The van der Waals surface area contributed by atoms with Crippen molar-refractivity contribution in [2.24, 2.45) is 9.98 Å². The standard InChI is InChI=1S/C15H20N6O/c1-19(2)9-17-14-12(8-16)21-7-5-6-11(21)13(14)15(22)18-10-20(3)4/h9-10H,5-7H2,1-4H3. The van der Waals surface area contributed by atoms with Crippen LogP contribution in [0.1, 0.15) is 28.2 Å². The minimum Gasteiger partial charge on any atom is -0.369 e. The van der Waals surface area contributed by atoms with Gasteiger partial charge in [0.15, 0.2) is 0 Å². The highest BCUT2D eigenvalue weighted by molar-refractivity contribution is 6.05. The van der Waals surface area contributed by atoms with Crippen LogP contribution < -0.4 is 0 Å². The number of hydrogen-bond donors (Lipinski definition) is 0. The Kier molecular flexibility index (Phi) is 4.61. The largest absolute Gasteiger partial charge is 0.369 e. The second-order valence-electron chi connectivity index (χ2n) is 5.61. The van der Waals surface area contributed by atoms with Crippen LogP contribution in [0.3, 0.4) is 0 Å². The zero-order chi connectivity index (χ0) is 16.3. The molecular weight excluding hydrogens is 280 g/mol. The molecule has 1 amide bonds. The molecule has 1 aromatic heterocycles. The van der Waals surface area contributed by atoms with Crippen molar-refractivity contribution in [3.8, 4) is 6.07 Å². The van der Waals surface area contributed by atoms with Gasteiger partial charge < -0.3 is 14.4 Å². The normalized spacial score (nSPS) is 13.6. The molecule has 0 unspecified atom stereocenters. The van der Waals surface area contributed by atoms with E-state index in [4.69, 9.17) is 0 Å². The Morgan fingerprint density at radius 2 is 1.95 bits per heavy atom. The summed E-state index contributed by atoms with van der Waals surface area (Å²) >= 11 is 0. The van der Waals surface area contributed by atoms with E-state index < -0.39 is 0 Å². The van der Waals surface area contributed by atoms with Gasteiger partial charge in [0.05, 0.1) is 18.2 Å². The van der Waals surface area contributed by atoms with Crippen molar-refractivity contribution in [3.05, 3.63) is 17.0 Å². The summed E-state index contributed by atoms with van der Waals surface area (Å²) in [6.07, 6.45) is 4.76. The first-order valence-electron chi connectivity index (χ1n) is 7.06. The fraction of sp³-hybridized carbons (Fsp3) is 0.467. The summed E-state index contributed by atoms with van der Waals surface area (Å²) in [5.74, 6) is -0.355. The number of nitriles is 1. The van der Waals surface area contributed by atoms with E-state index in [0.29, 0.717) is 16.9 Å². The molecule has 0 saturated heterocycles. The number of fused-ring (bicyclic) bond motifs is 1. The van der Waals surface area contributed by atoms with Crippen LogP contribution in [0, 0.1) is 11.3 Å². The Balaban J connectivity index is 2.56. The lowest BCUT2D eigenvalue weighted by Gasteiger charge is -2.04. The summed E-state index contributed by atoms with van der Waals surface area (Å²) in [6.45, 7) is 0.743. The number of rotatable bonds is 4. The van der Waals surface area contributed by atoms with Gasteiger partial charge >= 0.3 is 0 Å². The summed E-state index contributed by atoms with van der Waals surface area (Å²) in [7, 11) is 7.27. The van der Waals surface area contributed by atoms with Crippen LogP contribution >= 0.6 is 0 Å². The van der Waals surface area contributed by atoms with Crippen molar-refractivity contribution < 1.29 is 4.79 Å². The van der Waals surface area contributed by atoms with Crippen LogP contribution in [0.2, 0.25) is 0 Å². The predicted octanol–water partition coefficient (Wildman–Crippen LogP) is 1.26. The van der Waals surface area contributed by atoms with E-state index in [1.165, 1.54) is 6.34 Å². The summed E-state index contributed by atoms with van der Waals surface area (Å²) in [5.41, 5.74) is 2.18. The summed E-state index contributed by atoms with van der Waals surface area (Å²) in [5, 5.41) is 9.44. The van der Waals surface area contributed by atoms with E-state index in [0.717, 1.165) is 25.1 Å². The molecule has 0 aliphatic carbocycles. The molecule has 0 N–H and O–H groups in total. The number of carbonyl (C=O) groups excluding carboxylic acids is 1. The van der Waals surface area contributed by atoms with E-state index in [9.17, 15) is 10.1 Å². The second kappa shape index (κ2) is 6.43. The SMILES string of the molecule is CN(C)C=NC(=O)c1c(N=CN(C)C)c(C#N)n2c1CCC2. The van der Waals surface area contributed by atoms with Crippen LogP contribution in [0.25, 0.3) is 0 Å². The van der Waals surface area contributed by atoms with Crippen LogP contribution in [0.15, 0.2) is 9.98 Å². The van der Waals surface area contributed by atoms with Crippen molar-refractivity contribution in [1.82, 2.24) is 14.4 Å². The second-order valence-corrected chi connectivity index (χ2v) is 5.61. The van der Waals surface area contributed by atoms with Crippen molar-refractivity contribution >= 4 is 24.3 Å². The average molecular weight is 300 g/mol. The minimum absolute atomic E-state index is 0.355. The molecule has 0 bridgehead atoms. The smallest absolute Gasteiger partial charge is 0.282 e. The van der Waals surface area contributed by atoms with Gasteiger partial charge in [-0.3, -0.25) is 4.79 Å². The maximum absolute atomic E-state index is 12.5. The molecule has 116 valence electrons. The number of hydrogen-bond acceptors (Lipinski definition) is 3. The third-order valence-corrected chi connectivity index (χ3v) is 3.28. The van der Waals surface area contributed by atoms with E-state index in [2.05, 4.69) is 16.1 Å². The van der Waals surface area contributed by atoms with Crippen molar-refractivity contribution in [2.75, 3.05) is 28.2 Å². The topological polar surface area (TPSA) is 77.0 Å². The average Bonchev–Trinajstić information content (AvgIpc) is 3.01. The van der Waals surface area contributed by atoms with E-state index in [1.54, 1.807) is 30.2 Å². The first-order valence-corrected chi connectivity index (χ1v) is 7.06. The predicted molar refractivity (Wildman–Crippen MR) is 85.8 cm³/mol. The molecule has 1 aliphatic heterocycles. The van der Waals surface area contributed by atoms with Gasteiger partial charge in [0.25, 0.3) is 5.91 Å². The van der Waals surface area contributed by atoms with Crippen LogP contribution in [0.4, 0.5) is 5.69 Å². The highest BCUT2D eigenvalue weighted by Gasteiger charge is 2.29. The summed E-state index contributed by atoms with van der Waals surface area (Å²) in [6, 6.07) is 2.18. The molecule has 0 saturated carbocycles. The molecule has 0 atom stereocenters. The molecule has 7 heteroatoms. The third kappa shape index (κ3) is 3.01. The molecule has 2 rings (SSSR count). The maximum Gasteiger partial charge on any atom is 0.282 e.